The van der Waals surface area contributed by atoms with E-state index in [-0.39, 0.29) is 23.3 Å². The van der Waals surface area contributed by atoms with Crippen molar-refractivity contribution in [2.45, 2.75) is 46.6 Å². The zero-order valence-corrected chi connectivity index (χ0v) is 11.9. The lowest BCUT2D eigenvalue weighted by Gasteiger charge is -2.36. The number of carbonyl (C=O) groups is 1. The molecule has 1 aliphatic rings. The molecule has 0 saturated heterocycles. The summed E-state index contributed by atoms with van der Waals surface area (Å²) in [6.45, 7) is 8.34. The first-order chi connectivity index (χ1) is 8.30. The van der Waals surface area contributed by atoms with Crippen LogP contribution in [-0.2, 0) is 18.3 Å². The lowest BCUT2D eigenvalue weighted by Crippen LogP contribution is -2.38. The minimum atomic E-state index is 0.0233. The van der Waals surface area contributed by atoms with Gasteiger partial charge in [-0.3, -0.25) is 9.48 Å². The van der Waals surface area contributed by atoms with Crippen LogP contribution < -0.4 is 5.32 Å². The van der Waals surface area contributed by atoms with E-state index in [1.54, 1.807) is 0 Å². The van der Waals surface area contributed by atoms with E-state index in [1.165, 1.54) is 11.3 Å². The zero-order valence-electron chi connectivity index (χ0n) is 11.9. The van der Waals surface area contributed by atoms with Crippen molar-refractivity contribution in [1.82, 2.24) is 15.1 Å². The molecule has 0 aromatic carbocycles. The molecular weight excluding hydrogens is 226 g/mol. The molecule has 18 heavy (non-hydrogen) atoms. The molecule has 1 aromatic rings. The SMILES string of the molecule is CC(C)C(=O)NC1CC(C)(C)Cc2c1cnn2C. The van der Waals surface area contributed by atoms with Crippen molar-refractivity contribution in [3.05, 3.63) is 17.5 Å². The van der Waals surface area contributed by atoms with E-state index < -0.39 is 0 Å². The first-order valence-corrected chi connectivity index (χ1v) is 6.61. The standard InChI is InChI=1S/C14H23N3O/c1-9(2)13(18)16-11-6-14(3,4)7-12-10(11)8-15-17(12)5/h8-9,11H,6-7H2,1-5H3,(H,16,18). The lowest BCUT2D eigenvalue weighted by atomic mass is 9.74. The Kier molecular flexibility index (Phi) is 3.21. The molecule has 4 nitrogen and oxygen atoms in total. The van der Waals surface area contributed by atoms with E-state index in [1.807, 2.05) is 31.8 Å². The van der Waals surface area contributed by atoms with Crippen molar-refractivity contribution in [3.8, 4) is 0 Å². The molecular formula is C14H23N3O. The van der Waals surface area contributed by atoms with Crippen molar-refractivity contribution in [2.75, 3.05) is 0 Å². The van der Waals surface area contributed by atoms with Gasteiger partial charge in [0.15, 0.2) is 0 Å². The van der Waals surface area contributed by atoms with Gasteiger partial charge in [-0.15, -0.1) is 0 Å². The minimum absolute atomic E-state index is 0.0233. The summed E-state index contributed by atoms with van der Waals surface area (Å²) in [5.74, 6) is 0.141. The van der Waals surface area contributed by atoms with Crippen LogP contribution in [0.4, 0.5) is 0 Å². The first kappa shape index (κ1) is 13.1. The van der Waals surface area contributed by atoms with Gasteiger partial charge in [0.2, 0.25) is 5.91 Å². The largest absolute Gasteiger partial charge is 0.349 e. The van der Waals surface area contributed by atoms with Crippen molar-refractivity contribution in [1.29, 1.82) is 0 Å². The number of nitrogens with zero attached hydrogens (tertiary/aromatic N) is 2. The first-order valence-electron chi connectivity index (χ1n) is 6.61. The highest BCUT2D eigenvalue weighted by atomic mass is 16.1. The van der Waals surface area contributed by atoms with Gasteiger partial charge in [-0.2, -0.15) is 5.10 Å². The molecule has 1 atom stereocenters. The summed E-state index contributed by atoms with van der Waals surface area (Å²) in [5, 5.41) is 7.48. The predicted molar refractivity (Wildman–Crippen MR) is 71.0 cm³/mol. The van der Waals surface area contributed by atoms with Gasteiger partial charge in [-0.25, -0.2) is 0 Å². The van der Waals surface area contributed by atoms with Crippen LogP contribution >= 0.6 is 0 Å². The highest BCUT2D eigenvalue weighted by Crippen LogP contribution is 2.40. The maximum absolute atomic E-state index is 11.9. The molecule has 1 amide bonds. The van der Waals surface area contributed by atoms with Gasteiger partial charge in [0.1, 0.15) is 0 Å². The Balaban J connectivity index is 2.28. The van der Waals surface area contributed by atoms with Crippen LogP contribution in [0.15, 0.2) is 6.20 Å². The topological polar surface area (TPSA) is 46.9 Å². The zero-order chi connectivity index (χ0) is 13.5. The summed E-state index contributed by atoms with van der Waals surface area (Å²) in [6.07, 6.45) is 3.90. The van der Waals surface area contributed by atoms with Crippen molar-refractivity contribution in [3.63, 3.8) is 0 Å². The van der Waals surface area contributed by atoms with Crippen molar-refractivity contribution < 1.29 is 4.79 Å². The summed E-state index contributed by atoms with van der Waals surface area (Å²) in [4.78, 5) is 11.9. The Morgan fingerprint density at radius 1 is 1.56 bits per heavy atom. The van der Waals surface area contributed by atoms with E-state index >= 15 is 0 Å². The van der Waals surface area contributed by atoms with Crippen LogP contribution in [0.3, 0.4) is 0 Å². The monoisotopic (exact) mass is 249 g/mol. The van der Waals surface area contributed by atoms with Crippen LogP contribution in [0.25, 0.3) is 0 Å². The van der Waals surface area contributed by atoms with Gasteiger partial charge < -0.3 is 5.32 Å². The fraction of sp³-hybridized carbons (Fsp3) is 0.714. The Hall–Kier alpha value is -1.32. The maximum Gasteiger partial charge on any atom is 0.223 e. The van der Waals surface area contributed by atoms with Gasteiger partial charge >= 0.3 is 0 Å². The number of nitrogens with one attached hydrogen (secondary N) is 1. The van der Waals surface area contributed by atoms with Crippen molar-refractivity contribution in [2.24, 2.45) is 18.4 Å². The number of hydrogen-bond donors (Lipinski definition) is 1. The smallest absolute Gasteiger partial charge is 0.223 e. The van der Waals surface area contributed by atoms with Gasteiger partial charge in [0, 0.05) is 24.2 Å². The van der Waals surface area contributed by atoms with Crippen LogP contribution in [0, 0.1) is 11.3 Å². The fourth-order valence-electron chi connectivity index (χ4n) is 2.64. The van der Waals surface area contributed by atoms with Crippen molar-refractivity contribution >= 4 is 5.91 Å². The second-order valence-electron chi connectivity index (χ2n) is 6.43. The molecule has 0 bridgehead atoms. The Labute approximate surface area is 109 Å². The number of hydrogen-bond acceptors (Lipinski definition) is 2. The number of aromatic nitrogens is 2. The Morgan fingerprint density at radius 2 is 2.22 bits per heavy atom. The third-order valence-corrected chi connectivity index (χ3v) is 3.71. The number of carbonyl (C=O) groups excluding carboxylic acids is 1. The highest BCUT2D eigenvalue weighted by molar-refractivity contribution is 5.78. The molecule has 1 N–H and O–H groups in total. The molecule has 0 radical (unpaired) electrons. The molecule has 1 aromatic heterocycles. The van der Waals surface area contributed by atoms with E-state index in [2.05, 4.69) is 24.3 Å². The molecule has 1 unspecified atom stereocenters. The van der Waals surface area contributed by atoms with E-state index in [0.717, 1.165) is 12.8 Å². The van der Waals surface area contributed by atoms with Crippen LogP contribution in [-0.4, -0.2) is 15.7 Å². The molecule has 100 valence electrons. The summed E-state index contributed by atoms with van der Waals surface area (Å²) in [7, 11) is 1.97. The highest BCUT2D eigenvalue weighted by Gasteiger charge is 2.35. The average Bonchev–Trinajstić information content (AvgIpc) is 2.59. The second-order valence-corrected chi connectivity index (χ2v) is 6.43. The Bertz CT molecular complexity index is 460. The number of amides is 1. The molecule has 1 heterocycles. The molecule has 0 fully saturated rings. The average molecular weight is 249 g/mol. The Morgan fingerprint density at radius 3 is 2.83 bits per heavy atom. The normalized spacial score (nSPS) is 21.8. The van der Waals surface area contributed by atoms with Crippen LogP contribution in [0.1, 0.15) is 51.4 Å². The van der Waals surface area contributed by atoms with E-state index in [0.29, 0.717) is 0 Å². The van der Waals surface area contributed by atoms with Gasteiger partial charge in [-0.05, 0) is 18.3 Å². The second kappa shape index (κ2) is 4.41. The quantitative estimate of drug-likeness (QED) is 0.873. The molecule has 4 heteroatoms. The third-order valence-electron chi connectivity index (χ3n) is 3.71. The summed E-state index contributed by atoms with van der Waals surface area (Å²) in [5.41, 5.74) is 2.64. The summed E-state index contributed by atoms with van der Waals surface area (Å²) < 4.78 is 1.94. The van der Waals surface area contributed by atoms with E-state index in [9.17, 15) is 4.79 Å². The lowest BCUT2D eigenvalue weighted by molar-refractivity contribution is -0.125. The minimum Gasteiger partial charge on any atom is -0.349 e. The van der Waals surface area contributed by atoms with Gasteiger partial charge in [0.25, 0.3) is 0 Å². The number of aryl methyl sites for hydroxylation is 1. The molecule has 0 spiro atoms. The number of fused-ring (bicyclic) bond motifs is 1. The third kappa shape index (κ3) is 2.42. The maximum atomic E-state index is 11.9. The molecule has 2 rings (SSSR count). The molecule has 0 aliphatic heterocycles. The summed E-state index contributed by atoms with van der Waals surface area (Å²) >= 11 is 0. The van der Waals surface area contributed by atoms with Gasteiger partial charge in [-0.1, -0.05) is 27.7 Å². The van der Waals surface area contributed by atoms with E-state index in [4.69, 9.17) is 0 Å². The van der Waals surface area contributed by atoms with Gasteiger partial charge in [0.05, 0.1) is 12.2 Å². The van der Waals surface area contributed by atoms with Crippen LogP contribution in [0.2, 0.25) is 0 Å². The molecule has 1 aliphatic carbocycles. The fourth-order valence-corrected chi connectivity index (χ4v) is 2.64. The predicted octanol–water partition coefficient (Wildman–Crippen LogP) is 2.21. The van der Waals surface area contributed by atoms with Crippen LogP contribution in [0.5, 0.6) is 0 Å². The summed E-state index contributed by atoms with van der Waals surface area (Å²) in [6, 6.07) is 0.104. The molecule has 0 saturated carbocycles. The number of rotatable bonds is 2.